The summed E-state index contributed by atoms with van der Waals surface area (Å²) in [5.74, 6) is 5.18. The zero-order valence-electron chi connectivity index (χ0n) is 11.7. The van der Waals surface area contributed by atoms with E-state index in [4.69, 9.17) is 5.73 Å². The molecule has 0 unspecified atom stereocenters. The fourth-order valence-electron chi connectivity index (χ4n) is 2.27. The number of benzene rings is 1. The number of halogens is 1. The van der Waals surface area contributed by atoms with Crippen LogP contribution in [0.3, 0.4) is 0 Å². The predicted molar refractivity (Wildman–Crippen MR) is 76.6 cm³/mol. The molecule has 3 nitrogen and oxygen atoms in total. The molecular weight excluding hydrogens is 255 g/mol. The van der Waals surface area contributed by atoms with Gasteiger partial charge in [-0.3, -0.25) is 4.79 Å². The summed E-state index contributed by atoms with van der Waals surface area (Å²) in [7, 11) is 1.72. The van der Waals surface area contributed by atoms with Gasteiger partial charge in [-0.05, 0) is 37.0 Å². The van der Waals surface area contributed by atoms with Crippen LogP contribution >= 0.6 is 0 Å². The van der Waals surface area contributed by atoms with Crippen LogP contribution in [0.25, 0.3) is 0 Å². The molecule has 0 atom stereocenters. The molecule has 0 radical (unpaired) electrons. The Kier molecular flexibility index (Phi) is 4.75. The highest BCUT2D eigenvalue weighted by Crippen LogP contribution is 2.27. The number of nitrogens with two attached hydrogens (primary N) is 1. The van der Waals surface area contributed by atoms with Crippen molar-refractivity contribution in [2.24, 2.45) is 11.7 Å². The lowest BCUT2D eigenvalue weighted by molar-refractivity contribution is 0.0740. The van der Waals surface area contributed by atoms with Gasteiger partial charge >= 0.3 is 0 Å². The lowest BCUT2D eigenvalue weighted by Gasteiger charge is -2.30. The minimum atomic E-state index is -0.528. The number of carbonyl (C=O) groups excluding carboxylic acids is 1. The molecule has 1 saturated carbocycles. The molecule has 106 valence electrons. The van der Waals surface area contributed by atoms with E-state index in [9.17, 15) is 9.18 Å². The molecule has 2 N–H and O–H groups in total. The van der Waals surface area contributed by atoms with Crippen molar-refractivity contribution in [3.8, 4) is 11.8 Å². The average molecular weight is 274 g/mol. The summed E-state index contributed by atoms with van der Waals surface area (Å²) in [5, 5.41) is 0. The van der Waals surface area contributed by atoms with Crippen molar-refractivity contribution in [2.75, 3.05) is 20.1 Å². The fraction of sp³-hybridized carbons (Fsp3) is 0.438. The van der Waals surface area contributed by atoms with Gasteiger partial charge in [0.2, 0.25) is 0 Å². The van der Waals surface area contributed by atoms with Crippen LogP contribution in [0.1, 0.15) is 35.2 Å². The van der Waals surface area contributed by atoms with Gasteiger partial charge in [-0.25, -0.2) is 4.39 Å². The Hall–Kier alpha value is -1.86. The maximum Gasteiger partial charge on any atom is 0.256 e. The highest BCUT2D eigenvalue weighted by Gasteiger charge is 2.23. The third kappa shape index (κ3) is 3.37. The van der Waals surface area contributed by atoms with Crippen molar-refractivity contribution < 1.29 is 9.18 Å². The Balaban J connectivity index is 2.08. The number of hydrogen-bond donors (Lipinski definition) is 1. The minimum absolute atomic E-state index is 0.102. The van der Waals surface area contributed by atoms with Crippen molar-refractivity contribution in [3.05, 3.63) is 35.1 Å². The molecule has 0 aromatic heterocycles. The Labute approximate surface area is 119 Å². The molecule has 0 bridgehead atoms. The monoisotopic (exact) mass is 274 g/mol. The van der Waals surface area contributed by atoms with Crippen LogP contribution in [0, 0.1) is 23.6 Å². The molecule has 0 spiro atoms. The number of nitrogens with zero attached hydrogens (tertiary/aromatic N) is 1. The van der Waals surface area contributed by atoms with E-state index in [2.05, 4.69) is 11.8 Å². The third-order valence-corrected chi connectivity index (χ3v) is 3.64. The van der Waals surface area contributed by atoms with Gasteiger partial charge in [0.05, 0.1) is 12.1 Å². The van der Waals surface area contributed by atoms with E-state index in [0.717, 1.165) is 12.8 Å². The van der Waals surface area contributed by atoms with E-state index in [1.165, 1.54) is 18.6 Å². The third-order valence-electron chi connectivity index (χ3n) is 3.64. The number of amides is 1. The highest BCUT2D eigenvalue weighted by atomic mass is 19.1. The second-order valence-electron chi connectivity index (χ2n) is 5.18. The molecule has 1 aliphatic carbocycles. The van der Waals surface area contributed by atoms with Gasteiger partial charge in [0.1, 0.15) is 5.82 Å². The normalized spacial score (nSPS) is 14.2. The maximum absolute atomic E-state index is 14.0. The molecule has 1 aromatic rings. The SMILES string of the molecule is CN(CC1CCC1)C(=O)c1ccc(C#CCN)cc1F. The average Bonchev–Trinajstić information content (AvgIpc) is 2.39. The van der Waals surface area contributed by atoms with Crippen molar-refractivity contribution >= 4 is 5.91 Å². The second kappa shape index (κ2) is 6.53. The highest BCUT2D eigenvalue weighted by molar-refractivity contribution is 5.94. The van der Waals surface area contributed by atoms with Crippen molar-refractivity contribution in [1.82, 2.24) is 4.90 Å². The van der Waals surface area contributed by atoms with Gasteiger partial charge in [0.15, 0.2) is 0 Å². The molecule has 20 heavy (non-hydrogen) atoms. The molecule has 0 heterocycles. The summed E-state index contributed by atoms with van der Waals surface area (Å²) in [5.41, 5.74) is 5.90. The molecule has 0 saturated heterocycles. The van der Waals surface area contributed by atoms with Crippen LogP contribution in [0.15, 0.2) is 18.2 Å². The van der Waals surface area contributed by atoms with Gasteiger partial charge in [0, 0.05) is 19.2 Å². The summed E-state index contributed by atoms with van der Waals surface area (Å²) in [6.07, 6.45) is 3.55. The Morgan fingerprint density at radius 3 is 2.80 bits per heavy atom. The topological polar surface area (TPSA) is 46.3 Å². The van der Waals surface area contributed by atoms with E-state index in [1.807, 2.05) is 0 Å². The van der Waals surface area contributed by atoms with Gasteiger partial charge in [-0.2, -0.15) is 0 Å². The first-order chi connectivity index (χ1) is 9.61. The lowest BCUT2D eigenvalue weighted by atomic mass is 9.85. The number of rotatable bonds is 3. The quantitative estimate of drug-likeness (QED) is 0.857. The molecule has 1 aromatic carbocycles. The van der Waals surface area contributed by atoms with Gasteiger partial charge in [-0.1, -0.05) is 18.3 Å². The zero-order valence-corrected chi connectivity index (χ0v) is 11.7. The molecule has 1 fully saturated rings. The van der Waals surface area contributed by atoms with Crippen LogP contribution in [0.5, 0.6) is 0 Å². The molecule has 1 amide bonds. The van der Waals surface area contributed by atoms with E-state index in [1.54, 1.807) is 18.0 Å². The minimum Gasteiger partial charge on any atom is -0.341 e. The first kappa shape index (κ1) is 14.5. The van der Waals surface area contributed by atoms with Crippen LogP contribution in [0.4, 0.5) is 4.39 Å². The number of carbonyl (C=O) groups is 1. The Morgan fingerprint density at radius 2 is 2.25 bits per heavy atom. The van der Waals surface area contributed by atoms with Crippen LogP contribution < -0.4 is 5.73 Å². The summed E-state index contributed by atoms with van der Waals surface area (Å²) in [6.45, 7) is 0.930. The second-order valence-corrected chi connectivity index (χ2v) is 5.18. The van der Waals surface area contributed by atoms with Gasteiger partial charge in [0.25, 0.3) is 5.91 Å². The maximum atomic E-state index is 14.0. The standard InChI is InChI=1S/C16H19FN2O/c1-19(11-13-4-2-5-13)16(20)14-8-7-12(6-3-9-18)10-15(14)17/h7-8,10,13H,2,4-5,9,11,18H2,1H3. The van der Waals surface area contributed by atoms with Crippen LogP contribution in [-0.4, -0.2) is 30.9 Å². The lowest BCUT2D eigenvalue weighted by Crippen LogP contribution is -2.34. The van der Waals surface area contributed by atoms with E-state index < -0.39 is 5.82 Å². The molecular formula is C16H19FN2O. The summed E-state index contributed by atoms with van der Waals surface area (Å²) >= 11 is 0. The van der Waals surface area contributed by atoms with E-state index in [0.29, 0.717) is 18.0 Å². The zero-order chi connectivity index (χ0) is 14.5. The van der Waals surface area contributed by atoms with Gasteiger partial charge in [-0.15, -0.1) is 0 Å². The number of hydrogen-bond acceptors (Lipinski definition) is 2. The summed E-state index contributed by atoms with van der Waals surface area (Å²) < 4.78 is 14.0. The Bertz CT molecular complexity index is 555. The van der Waals surface area contributed by atoms with Crippen LogP contribution in [-0.2, 0) is 0 Å². The molecule has 0 aliphatic heterocycles. The first-order valence-corrected chi connectivity index (χ1v) is 6.85. The van der Waals surface area contributed by atoms with Crippen molar-refractivity contribution in [3.63, 3.8) is 0 Å². The fourth-order valence-corrected chi connectivity index (χ4v) is 2.27. The summed E-state index contributed by atoms with van der Waals surface area (Å²) in [4.78, 5) is 13.8. The van der Waals surface area contributed by atoms with Crippen molar-refractivity contribution in [2.45, 2.75) is 19.3 Å². The van der Waals surface area contributed by atoms with E-state index in [-0.39, 0.29) is 18.0 Å². The van der Waals surface area contributed by atoms with E-state index >= 15 is 0 Å². The Morgan fingerprint density at radius 1 is 1.50 bits per heavy atom. The first-order valence-electron chi connectivity index (χ1n) is 6.85. The smallest absolute Gasteiger partial charge is 0.256 e. The summed E-state index contributed by atoms with van der Waals surface area (Å²) in [6, 6.07) is 4.43. The molecule has 1 aliphatic rings. The largest absolute Gasteiger partial charge is 0.341 e. The molecule has 4 heteroatoms. The van der Waals surface area contributed by atoms with Crippen LogP contribution in [0.2, 0.25) is 0 Å². The van der Waals surface area contributed by atoms with Gasteiger partial charge < -0.3 is 10.6 Å². The molecule has 2 rings (SSSR count). The van der Waals surface area contributed by atoms with Crippen molar-refractivity contribution in [1.29, 1.82) is 0 Å². The predicted octanol–water partition coefficient (Wildman–Crippen LogP) is 2.01.